The molecule has 0 aromatic heterocycles. The van der Waals surface area contributed by atoms with Gasteiger partial charge in [0.2, 0.25) is 0 Å². The first-order valence-electron chi connectivity index (χ1n) is 13.1. The van der Waals surface area contributed by atoms with E-state index in [1.807, 2.05) is 0 Å². The van der Waals surface area contributed by atoms with E-state index in [-0.39, 0.29) is 5.75 Å². The molecule has 0 rings (SSSR count). The number of aliphatic carboxylic acids is 1. The molecule has 0 aromatic carbocycles. The molecule has 30 heavy (non-hydrogen) atoms. The third kappa shape index (κ3) is 30.8. The van der Waals surface area contributed by atoms with Crippen LogP contribution in [0.15, 0.2) is 0 Å². The zero-order valence-electron chi connectivity index (χ0n) is 21.0. The molecule has 0 saturated carbocycles. The van der Waals surface area contributed by atoms with Gasteiger partial charge in [0.05, 0.1) is 5.97 Å². The number of carbonyl (C=O) groups excluding carboxylic acids is 1. The standard InChI is InChI=1S/3C8H17.C2H4O2S.Sn/c1-4-5-6-7-8(2)3;2*1-3-5-7-8-6-4-2;3-2(4)1-5;/h8H,1,4-7H2,2-3H3;2*1,3-8H2,2H3;5H,1H2,(H,3,4);/q;;;;+1/p-1. The minimum absolute atomic E-state index is 0.194. The largest absolute Gasteiger partial charge is 0.549 e. The summed E-state index contributed by atoms with van der Waals surface area (Å²) in [6, 6.07) is 0. The molecular weight excluding hydrogens is 495 g/mol. The molecule has 0 aliphatic heterocycles. The van der Waals surface area contributed by atoms with Crippen LogP contribution in [0.25, 0.3) is 0 Å². The second-order valence-electron chi connectivity index (χ2n) is 9.31. The molecular formula is C26H54O2SSn. The first-order valence-corrected chi connectivity index (χ1v) is 19.8. The van der Waals surface area contributed by atoms with Crippen LogP contribution >= 0.6 is 12.6 Å². The van der Waals surface area contributed by atoms with Crippen LogP contribution in [0.2, 0.25) is 13.3 Å². The average molecular weight is 549 g/mol. The van der Waals surface area contributed by atoms with E-state index in [9.17, 15) is 9.90 Å². The molecule has 0 heterocycles. The average Bonchev–Trinajstić information content (AvgIpc) is 2.72. The van der Waals surface area contributed by atoms with Crippen LogP contribution in [0.1, 0.15) is 130 Å². The SMILES string of the molecule is CCCCCCC[CH2][Sn+]([CH2]CCCCCCC)[CH2]CCCCC(C)C.O=C([O-])CS. The van der Waals surface area contributed by atoms with Crippen LogP contribution in [-0.4, -0.2) is 31.5 Å². The Labute approximate surface area is 202 Å². The molecule has 0 radical (unpaired) electrons. The van der Waals surface area contributed by atoms with Gasteiger partial charge in [-0.15, -0.1) is 0 Å². The molecule has 2 nitrogen and oxygen atoms in total. The fourth-order valence-corrected chi connectivity index (χ4v) is 12.4. The van der Waals surface area contributed by atoms with Crippen molar-refractivity contribution >= 4 is 38.4 Å². The first kappa shape index (κ1) is 32.8. The molecule has 0 fully saturated rings. The summed E-state index contributed by atoms with van der Waals surface area (Å²) in [6.07, 6.45) is 24.0. The van der Waals surface area contributed by atoms with Gasteiger partial charge in [-0.2, -0.15) is 12.6 Å². The van der Waals surface area contributed by atoms with Crippen molar-refractivity contribution in [3.63, 3.8) is 0 Å². The summed E-state index contributed by atoms with van der Waals surface area (Å²) in [5.74, 6) is -0.419. The van der Waals surface area contributed by atoms with E-state index in [4.69, 9.17) is 0 Å². The fraction of sp³-hybridized carbons (Fsp3) is 0.962. The number of carbonyl (C=O) groups is 1. The Kier molecular flexibility index (Phi) is 30.2. The molecule has 4 heteroatoms. The molecule has 0 saturated heterocycles. The summed E-state index contributed by atoms with van der Waals surface area (Å²) < 4.78 is 5.14. The third-order valence-corrected chi connectivity index (χ3v) is 15.0. The molecule has 0 unspecified atom stereocenters. The molecule has 180 valence electrons. The van der Waals surface area contributed by atoms with Crippen molar-refractivity contribution in [3.05, 3.63) is 0 Å². The van der Waals surface area contributed by atoms with Crippen molar-refractivity contribution in [1.29, 1.82) is 0 Å². The number of hydrogen-bond acceptors (Lipinski definition) is 3. The number of thiol groups is 1. The van der Waals surface area contributed by atoms with Crippen molar-refractivity contribution in [3.8, 4) is 0 Å². The van der Waals surface area contributed by atoms with Crippen LogP contribution < -0.4 is 5.11 Å². The van der Waals surface area contributed by atoms with E-state index in [1.165, 1.54) is 83.5 Å². The summed E-state index contributed by atoms with van der Waals surface area (Å²) >= 11 is 2.33. The number of carboxylic acids is 1. The Morgan fingerprint density at radius 2 is 1.03 bits per heavy atom. The molecule has 0 aliphatic rings. The van der Waals surface area contributed by atoms with E-state index >= 15 is 0 Å². The second kappa shape index (κ2) is 27.7. The van der Waals surface area contributed by atoms with Crippen LogP contribution in [0, 0.1) is 5.92 Å². The van der Waals surface area contributed by atoms with Crippen LogP contribution in [-0.2, 0) is 4.79 Å². The second-order valence-corrected chi connectivity index (χ2v) is 18.2. The predicted octanol–water partition coefficient (Wildman–Crippen LogP) is 8.08. The van der Waals surface area contributed by atoms with Gasteiger partial charge in [0, 0.05) is 5.75 Å². The number of carboxylic acid groups (broad SMARTS) is 1. The van der Waals surface area contributed by atoms with E-state index in [0.29, 0.717) is 0 Å². The van der Waals surface area contributed by atoms with Gasteiger partial charge in [-0.3, -0.25) is 0 Å². The van der Waals surface area contributed by atoms with Crippen molar-refractivity contribution in [2.24, 2.45) is 5.92 Å². The first-order chi connectivity index (χ1) is 14.5. The molecule has 0 amide bonds. The van der Waals surface area contributed by atoms with Gasteiger partial charge in [0.15, 0.2) is 0 Å². The number of unbranched alkanes of at least 4 members (excludes halogenated alkanes) is 12. The minimum Gasteiger partial charge on any atom is -0.549 e. The monoisotopic (exact) mass is 550 g/mol. The molecule has 0 N–H and O–H groups in total. The number of hydrogen-bond donors (Lipinski definition) is 1. The smallest absolute Gasteiger partial charge is 0.0510 e. The van der Waals surface area contributed by atoms with E-state index in [1.54, 1.807) is 32.6 Å². The molecule has 0 atom stereocenters. The quantitative estimate of drug-likeness (QED) is 0.0893. The fourth-order valence-electron chi connectivity index (χ4n) is 3.79. The van der Waals surface area contributed by atoms with Crippen LogP contribution in [0.4, 0.5) is 0 Å². The normalized spacial score (nSPS) is 10.7. The third-order valence-electron chi connectivity index (χ3n) is 5.71. The maximum atomic E-state index is 9.18. The maximum absolute atomic E-state index is 9.18. The zero-order chi connectivity index (χ0) is 22.9. The summed E-state index contributed by atoms with van der Waals surface area (Å²) in [5.41, 5.74) is 0. The Morgan fingerprint density at radius 1 is 0.700 bits per heavy atom. The minimum atomic E-state index is -1.13. The Bertz CT molecular complexity index is 321. The van der Waals surface area contributed by atoms with E-state index in [0.717, 1.165) is 5.92 Å². The predicted molar refractivity (Wildman–Crippen MR) is 139 cm³/mol. The molecule has 0 aromatic rings. The maximum Gasteiger partial charge on any atom is 0.0510 e. The zero-order valence-corrected chi connectivity index (χ0v) is 24.7. The topological polar surface area (TPSA) is 40.1 Å². The van der Waals surface area contributed by atoms with Gasteiger partial charge < -0.3 is 9.90 Å². The summed E-state index contributed by atoms with van der Waals surface area (Å²) in [6.45, 7) is 9.40. The number of rotatable bonds is 21. The summed E-state index contributed by atoms with van der Waals surface area (Å²) in [7, 11) is 0. The van der Waals surface area contributed by atoms with Gasteiger partial charge in [-0.05, 0) is 0 Å². The molecule has 0 bridgehead atoms. The van der Waals surface area contributed by atoms with Crippen molar-refractivity contribution < 1.29 is 9.90 Å². The summed E-state index contributed by atoms with van der Waals surface area (Å²) in [4.78, 5) is 9.18. The van der Waals surface area contributed by atoms with E-state index < -0.39 is 25.7 Å². The Hall–Kier alpha value is 0.619. The Morgan fingerprint density at radius 3 is 1.37 bits per heavy atom. The van der Waals surface area contributed by atoms with Crippen LogP contribution in [0.5, 0.6) is 0 Å². The van der Waals surface area contributed by atoms with Gasteiger partial charge in [-0.1, -0.05) is 0 Å². The molecule has 0 spiro atoms. The van der Waals surface area contributed by atoms with Gasteiger partial charge >= 0.3 is 169 Å². The van der Waals surface area contributed by atoms with E-state index in [2.05, 4.69) is 40.3 Å². The Balaban J connectivity index is 0. The van der Waals surface area contributed by atoms with Crippen molar-refractivity contribution in [2.45, 2.75) is 144 Å². The summed E-state index contributed by atoms with van der Waals surface area (Å²) in [5, 5.41) is 9.18. The van der Waals surface area contributed by atoms with Gasteiger partial charge in [0.25, 0.3) is 0 Å². The van der Waals surface area contributed by atoms with Crippen molar-refractivity contribution in [1.82, 2.24) is 0 Å². The van der Waals surface area contributed by atoms with Crippen molar-refractivity contribution in [2.75, 3.05) is 5.75 Å². The van der Waals surface area contributed by atoms with Crippen LogP contribution in [0.3, 0.4) is 0 Å². The van der Waals surface area contributed by atoms with Gasteiger partial charge in [0.1, 0.15) is 0 Å². The van der Waals surface area contributed by atoms with Gasteiger partial charge in [-0.25, -0.2) is 0 Å². The molecule has 0 aliphatic carbocycles.